The van der Waals surface area contributed by atoms with E-state index < -0.39 is 5.63 Å². The molecule has 0 fully saturated rings. The lowest BCUT2D eigenvalue weighted by molar-refractivity contribution is 0.0925. The fraction of sp³-hybridized carbons (Fsp3) is 0.333. The van der Waals surface area contributed by atoms with Crippen molar-refractivity contribution in [1.82, 2.24) is 0 Å². The van der Waals surface area contributed by atoms with Gasteiger partial charge in [0.25, 0.3) is 0 Å². The summed E-state index contributed by atoms with van der Waals surface area (Å²) in [6, 6.07) is 12.9. The van der Waals surface area contributed by atoms with Gasteiger partial charge in [-0.2, -0.15) is 0 Å². The SMILES string of the molecule is CCC(C)C(=O)c1c(O)c(C/C=C(\C)CCC=C(C)C)cc2c(-c3ccccc3)cc(=O)oc12. The van der Waals surface area contributed by atoms with Crippen LogP contribution in [0.4, 0.5) is 0 Å². The topological polar surface area (TPSA) is 67.5 Å². The van der Waals surface area contributed by atoms with Crippen LogP contribution in [-0.4, -0.2) is 10.9 Å². The normalized spacial score (nSPS) is 12.6. The molecule has 0 saturated carbocycles. The second kappa shape index (κ2) is 11.1. The Morgan fingerprint density at radius 2 is 1.79 bits per heavy atom. The van der Waals surface area contributed by atoms with E-state index in [0.717, 1.165) is 18.4 Å². The van der Waals surface area contributed by atoms with Gasteiger partial charge in [-0.3, -0.25) is 4.79 Å². The molecule has 0 aliphatic rings. The van der Waals surface area contributed by atoms with E-state index in [-0.39, 0.29) is 28.6 Å². The van der Waals surface area contributed by atoms with E-state index in [1.807, 2.05) is 50.2 Å². The quantitative estimate of drug-likeness (QED) is 0.203. The Bertz CT molecular complexity index is 1290. The van der Waals surface area contributed by atoms with Crippen LogP contribution in [0.2, 0.25) is 0 Å². The molecule has 34 heavy (non-hydrogen) atoms. The van der Waals surface area contributed by atoms with Crippen LogP contribution < -0.4 is 5.63 Å². The maximum absolute atomic E-state index is 13.3. The first-order chi connectivity index (χ1) is 16.2. The van der Waals surface area contributed by atoms with Crippen LogP contribution in [0, 0.1) is 5.92 Å². The van der Waals surface area contributed by atoms with E-state index in [1.54, 1.807) is 0 Å². The van der Waals surface area contributed by atoms with Gasteiger partial charge in [0.05, 0.1) is 0 Å². The summed E-state index contributed by atoms with van der Waals surface area (Å²) in [6.07, 6.45) is 7.31. The Kier molecular flexibility index (Phi) is 8.27. The molecule has 1 heterocycles. The van der Waals surface area contributed by atoms with E-state index in [9.17, 15) is 14.7 Å². The van der Waals surface area contributed by atoms with Crippen molar-refractivity contribution < 1.29 is 14.3 Å². The van der Waals surface area contributed by atoms with E-state index in [0.29, 0.717) is 29.4 Å². The predicted octanol–water partition coefficient (Wildman–Crippen LogP) is 7.63. The average Bonchev–Trinajstić information content (AvgIpc) is 2.81. The number of phenolic OH excluding ortho intramolecular Hbond substituents is 1. The van der Waals surface area contributed by atoms with Crippen molar-refractivity contribution in [1.29, 1.82) is 0 Å². The van der Waals surface area contributed by atoms with Gasteiger partial charge >= 0.3 is 5.63 Å². The zero-order chi connectivity index (χ0) is 24.8. The molecule has 0 amide bonds. The highest BCUT2D eigenvalue weighted by Gasteiger charge is 2.26. The van der Waals surface area contributed by atoms with Crippen LogP contribution in [0.5, 0.6) is 5.75 Å². The number of phenols is 1. The largest absolute Gasteiger partial charge is 0.507 e. The summed E-state index contributed by atoms with van der Waals surface area (Å²) in [7, 11) is 0. The Balaban J connectivity index is 2.20. The fourth-order valence-electron chi connectivity index (χ4n) is 3.99. The molecule has 0 radical (unpaired) electrons. The number of rotatable bonds is 9. The van der Waals surface area contributed by atoms with Gasteiger partial charge in [0.15, 0.2) is 11.4 Å². The lowest BCUT2D eigenvalue weighted by Crippen LogP contribution is -2.13. The first-order valence-electron chi connectivity index (χ1n) is 11.9. The summed E-state index contributed by atoms with van der Waals surface area (Å²) in [5, 5.41) is 11.8. The first-order valence-corrected chi connectivity index (χ1v) is 11.9. The number of hydrogen-bond acceptors (Lipinski definition) is 4. The first kappa shape index (κ1) is 25.2. The van der Waals surface area contributed by atoms with Crippen LogP contribution in [-0.2, 0) is 6.42 Å². The van der Waals surface area contributed by atoms with Crippen LogP contribution >= 0.6 is 0 Å². The molecule has 3 rings (SSSR count). The minimum Gasteiger partial charge on any atom is -0.507 e. The number of carbonyl (C=O) groups is 1. The standard InChI is InChI=1S/C30H34O4/c1-6-21(5)28(32)27-29(33)23(16-15-20(4)12-10-11-19(2)3)17-25-24(18-26(31)34-30(25)27)22-13-8-7-9-14-22/h7-9,11,13-15,17-18,21,33H,6,10,12,16H2,1-5H3/b20-15+. The molecule has 1 unspecified atom stereocenters. The Hall–Kier alpha value is -3.40. The molecule has 178 valence electrons. The molecule has 0 spiro atoms. The molecule has 0 aliphatic carbocycles. The zero-order valence-electron chi connectivity index (χ0n) is 20.8. The van der Waals surface area contributed by atoms with Gasteiger partial charge in [-0.1, -0.05) is 67.5 Å². The van der Waals surface area contributed by atoms with E-state index in [1.165, 1.54) is 17.2 Å². The van der Waals surface area contributed by atoms with Crippen molar-refractivity contribution in [3.63, 3.8) is 0 Å². The second-order valence-corrected chi connectivity index (χ2v) is 9.23. The third-order valence-corrected chi connectivity index (χ3v) is 6.24. The lowest BCUT2D eigenvalue weighted by atomic mass is 9.90. The molecule has 4 nitrogen and oxygen atoms in total. The summed E-state index contributed by atoms with van der Waals surface area (Å²) >= 11 is 0. The summed E-state index contributed by atoms with van der Waals surface area (Å²) in [4.78, 5) is 25.8. The molecule has 0 saturated heterocycles. The third-order valence-electron chi connectivity index (χ3n) is 6.24. The molecular weight excluding hydrogens is 424 g/mol. The average molecular weight is 459 g/mol. The maximum atomic E-state index is 13.3. The molecule has 3 aromatic rings. The Morgan fingerprint density at radius 1 is 1.09 bits per heavy atom. The van der Waals surface area contributed by atoms with Crippen LogP contribution in [0.3, 0.4) is 0 Å². The van der Waals surface area contributed by atoms with Crippen molar-refractivity contribution in [2.24, 2.45) is 5.92 Å². The van der Waals surface area contributed by atoms with Gasteiger partial charge in [-0.25, -0.2) is 4.79 Å². The number of carbonyl (C=O) groups excluding carboxylic acids is 1. The molecule has 2 aromatic carbocycles. The molecule has 0 aliphatic heterocycles. The number of Topliss-reactive ketones (excluding diaryl/α,β-unsaturated/α-hetero) is 1. The smallest absolute Gasteiger partial charge is 0.336 e. The van der Waals surface area contributed by atoms with Crippen molar-refractivity contribution >= 4 is 16.8 Å². The van der Waals surface area contributed by atoms with Crippen LogP contribution in [0.1, 0.15) is 69.8 Å². The number of benzene rings is 2. The van der Waals surface area contributed by atoms with Gasteiger partial charge in [0.2, 0.25) is 0 Å². The second-order valence-electron chi connectivity index (χ2n) is 9.23. The van der Waals surface area contributed by atoms with Gasteiger partial charge in [0, 0.05) is 17.4 Å². The highest BCUT2D eigenvalue weighted by Crippen LogP contribution is 2.38. The van der Waals surface area contributed by atoms with Gasteiger partial charge in [-0.05, 0) is 69.2 Å². The molecule has 1 atom stereocenters. The molecule has 0 bridgehead atoms. The number of aromatic hydroxyl groups is 1. The number of hydrogen-bond donors (Lipinski definition) is 1. The Morgan fingerprint density at radius 3 is 2.44 bits per heavy atom. The summed E-state index contributed by atoms with van der Waals surface area (Å²) in [5.41, 5.74) is 4.41. The molecule has 1 N–H and O–H groups in total. The number of allylic oxidation sites excluding steroid dienone is 4. The van der Waals surface area contributed by atoms with E-state index in [2.05, 4.69) is 32.9 Å². The van der Waals surface area contributed by atoms with E-state index >= 15 is 0 Å². The highest BCUT2D eigenvalue weighted by molar-refractivity contribution is 6.12. The van der Waals surface area contributed by atoms with Crippen LogP contribution in [0.15, 0.2) is 75.0 Å². The van der Waals surface area contributed by atoms with E-state index in [4.69, 9.17) is 4.42 Å². The number of ketones is 1. The van der Waals surface area contributed by atoms with Gasteiger partial charge < -0.3 is 9.52 Å². The van der Waals surface area contributed by atoms with Crippen molar-refractivity contribution in [3.8, 4) is 16.9 Å². The maximum Gasteiger partial charge on any atom is 0.336 e. The summed E-state index contributed by atoms with van der Waals surface area (Å²) < 4.78 is 5.55. The van der Waals surface area contributed by atoms with Crippen molar-refractivity contribution in [2.75, 3.05) is 0 Å². The number of fused-ring (bicyclic) bond motifs is 1. The van der Waals surface area contributed by atoms with Crippen molar-refractivity contribution in [2.45, 2.75) is 60.3 Å². The zero-order valence-corrected chi connectivity index (χ0v) is 20.8. The van der Waals surface area contributed by atoms with Gasteiger partial charge in [-0.15, -0.1) is 0 Å². The molecule has 4 heteroatoms. The predicted molar refractivity (Wildman–Crippen MR) is 139 cm³/mol. The van der Waals surface area contributed by atoms with Crippen LogP contribution in [0.25, 0.3) is 22.1 Å². The van der Waals surface area contributed by atoms with Gasteiger partial charge in [0.1, 0.15) is 11.3 Å². The lowest BCUT2D eigenvalue weighted by Gasteiger charge is -2.16. The summed E-state index contributed by atoms with van der Waals surface area (Å²) in [6.45, 7) is 10.0. The Labute approximate surface area is 201 Å². The fourth-order valence-corrected chi connectivity index (χ4v) is 3.99. The van der Waals surface area contributed by atoms with Crippen molar-refractivity contribution in [3.05, 3.63) is 87.3 Å². The highest BCUT2D eigenvalue weighted by atomic mass is 16.4. The minimum atomic E-state index is -0.549. The summed E-state index contributed by atoms with van der Waals surface area (Å²) in [5.74, 6) is -0.625. The monoisotopic (exact) mass is 458 g/mol. The third kappa shape index (κ3) is 5.74. The minimum absolute atomic E-state index is 0.0977. The molecular formula is C30H34O4. The molecule has 1 aromatic heterocycles.